The Kier molecular flexibility index (Phi) is 46.7. The van der Waals surface area contributed by atoms with Gasteiger partial charge in [-0.2, -0.15) is 0 Å². The number of esters is 23. The number of carbonyl (C=O) groups excluding carboxylic acids is 23. The Hall–Kier alpha value is -13.0. The molecular weight excluding hydrogens is 2020 g/mol. The summed E-state index contributed by atoms with van der Waals surface area (Å²) in [6, 6.07) is 0. The van der Waals surface area contributed by atoms with Crippen molar-refractivity contribution < 1.29 is 281 Å². The molecule has 0 saturated carbocycles. The summed E-state index contributed by atoms with van der Waals surface area (Å²) in [5, 5.41) is 0. The molecule has 0 radical (unpaired) electrons. The molecule has 0 aromatic heterocycles. The van der Waals surface area contributed by atoms with Crippen LogP contribution in [0.1, 0.15) is 159 Å². The van der Waals surface area contributed by atoms with Crippen LogP contribution in [0.5, 0.6) is 0 Å². The second-order valence-electron chi connectivity index (χ2n) is 33.8. The maximum absolute atomic E-state index is 14.0. The minimum atomic E-state index is -2.51. The SMILES string of the molecule is C=C(C)C(=O)OC1O[C@H](COC(C)=O)[C@@H](O[C@H]2O[C@H](COC(C)=O)[C@@H](O[C@H]3O[C@H](COC(C)=O)[C@@H](O[C@H]4O[C@H](COC(C)=O)[C@@H](O[C@H]5O[C@H](COC(C)=O)[C@@H](O[C@H]6O[C@H](COC(C)=O)[C@@H](O[C@H]7O[C@H](COC(C)=O)[C@@H](OC(C)=O)[C@@H](OC(C)=O)[C@H]7OC(C)=O)[C@@H](OC(C)=O)[C@H]6OC(C)=O)[C@@H](OC(C)=O)[C@H]5OC(C)=O)[C@@H](OC(C)=O)[C@H]4OC(C)=O)[C@@H](OC(C)=O)[C@H]3OC(C)=O)[C@@H](OC(C)=O)[C@H]2OC(C)=O)[C@@H](OC(C)=O)[C@H]1OC(C)=O. The van der Waals surface area contributed by atoms with Crippen molar-refractivity contribution in [1.82, 2.24) is 0 Å². The van der Waals surface area contributed by atoms with Crippen molar-refractivity contribution in [1.29, 1.82) is 0 Å². The average molecular weight is 2150 g/mol. The molecule has 59 nitrogen and oxygen atoms in total. The highest BCUT2D eigenvalue weighted by Gasteiger charge is 2.66. The zero-order valence-corrected chi connectivity index (χ0v) is 85.0. The molecule has 7 rings (SSSR count). The summed E-state index contributed by atoms with van der Waals surface area (Å²) in [4.78, 5) is 307. The van der Waals surface area contributed by atoms with Gasteiger partial charge in [0.15, 0.2) is 123 Å². The van der Waals surface area contributed by atoms with Gasteiger partial charge in [-0.3, -0.25) is 105 Å². The van der Waals surface area contributed by atoms with Crippen molar-refractivity contribution >= 4 is 137 Å². The molecule has 0 aromatic carbocycles. The summed E-state index contributed by atoms with van der Waals surface area (Å²) >= 11 is 0. The van der Waals surface area contributed by atoms with Crippen LogP contribution in [0.3, 0.4) is 0 Å². The minimum absolute atomic E-state index is 0.247. The quantitative estimate of drug-likeness (QED) is 0.0343. The second-order valence-corrected chi connectivity index (χ2v) is 33.8. The molecule has 0 aliphatic carbocycles. The van der Waals surface area contributed by atoms with Gasteiger partial charge in [0.1, 0.15) is 126 Å². The van der Waals surface area contributed by atoms with E-state index in [9.17, 15) is 110 Å². The fourth-order valence-corrected chi connectivity index (χ4v) is 16.2. The van der Waals surface area contributed by atoms with Crippen molar-refractivity contribution in [3.63, 3.8) is 0 Å². The first-order chi connectivity index (χ1) is 69.7. The van der Waals surface area contributed by atoms with Gasteiger partial charge in [-0.15, -0.1) is 0 Å². The lowest BCUT2D eigenvalue weighted by molar-refractivity contribution is -0.398. The molecule has 7 aliphatic rings. The van der Waals surface area contributed by atoms with E-state index in [2.05, 4.69) is 6.58 Å². The summed E-state index contributed by atoms with van der Waals surface area (Å²) in [7, 11) is 0. The van der Waals surface area contributed by atoms with E-state index in [0.717, 1.165) is 152 Å². The van der Waals surface area contributed by atoms with Gasteiger partial charge >= 0.3 is 137 Å². The molecule has 7 heterocycles. The first-order valence-electron chi connectivity index (χ1n) is 45.6. The van der Waals surface area contributed by atoms with Crippen molar-refractivity contribution in [3.05, 3.63) is 12.2 Å². The number of hydrogen-bond acceptors (Lipinski definition) is 59. The summed E-state index contributed by atoms with van der Waals surface area (Å²) < 4.78 is 215. The lowest BCUT2D eigenvalue weighted by Gasteiger charge is -2.52. The maximum atomic E-state index is 14.0. The molecule has 0 bridgehead atoms. The molecular formula is C90H120O59. The van der Waals surface area contributed by atoms with Crippen molar-refractivity contribution in [2.45, 2.75) is 374 Å². The van der Waals surface area contributed by atoms with Crippen molar-refractivity contribution in [3.8, 4) is 0 Å². The van der Waals surface area contributed by atoms with Crippen LogP contribution < -0.4 is 0 Å². The van der Waals surface area contributed by atoms with E-state index in [0.29, 0.717) is 0 Å². The molecule has 1 unspecified atom stereocenters. The summed E-state index contributed by atoms with van der Waals surface area (Å²) in [6.07, 6.45) is -77.5. The number of carbonyl (C=O) groups is 23. The number of hydrogen-bond donors (Lipinski definition) is 0. The van der Waals surface area contributed by atoms with Gasteiger partial charge in [0.05, 0.1) is 0 Å². The Morgan fingerprint density at radius 2 is 0.262 bits per heavy atom. The van der Waals surface area contributed by atoms with E-state index in [1.54, 1.807) is 0 Å². The lowest BCUT2D eigenvalue weighted by Crippen LogP contribution is -2.70. The molecule has 35 atom stereocenters. The summed E-state index contributed by atoms with van der Waals surface area (Å²) in [5.74, 6) is -27.3. The summed E-state index contributed by atoms with van der Waals surface area (Å²) in [6.45, 7) is 16.1. The van der Waals surface area contributed by atoms with Crippen LogP contribution in [0.2, 0.25) is 0 Å². The van der Waals surface area contributed by atoms with Crippen LogP contribution in [0, 0.1) is 0 Å². The van der Waals surface area contributed by atoms with E-state index < -0.39 is 398 Å². The van der Waals surface area contributed by atoms with Crippen LogP contribution in [0.15, 0.2) is 12.2 Å². The smallest absolute Gasteiger partial charge is 0.335 e. The van der Waals surface area contributed by atoms with Crippen molar-refractivity contribution in [2.24, 2.45) is 0 Å². The Morgan fingerprint density at radius 3 is 0.396 bits per heavy atom. The van der Waals surface area contributed by atoms with Crippen LogP contribution in [-0.2, 0) is 281 Å². The van der Waals surface area contributed by atoms with Gasteiger partial charge in [-0.25, -0.2) is 4.79 Å². The molecule has 149 heavy (non-hydrogen) atoms. The Balaban J connectivity index is 1.40. The van der Waals surface area contributed by atoms with Crippen LogP contribution in [0.4, 0.5) is 0 Å². The van der Waals surface area contributed by atoms with Gasteiger partial charge in [0.2, 0.25) is 12.4 Å². The highest BCUT2D eigenvalue weighted by atomic mass is 16.8. The molecule has 7 aliphatic heterocycles. The molecule has 7 fully saturated rings. The average Bonchev–Trinajstić information content (AvgIpc) is 0.750. The molecule has 7 saturated heterocycles. The van der Waals surface area contributed by atoms with Gasteiger partial charge in [0, 0.05) is 158 Å². The van der Waals surface area contributed by atoms with Crippen LogP contribution in [-0.4, -0.2) is 398 Å². The highest BCUT2D eigenvalue weighted by Crippen LogP contribution is 2.45. The fourth-order valence-electron chi connectivity index (χ4n) is 16.2. The number of ether oxygens (including phenoxy) is 36. The zero-order valence-electron chi connectivity index (χ0n) is 85.0. The molecule has 834 valence electrons. The van der Waals surface area contributed by atoms with Crippen LogP contribution in [0.25, 0.3) is 0 Å². The van der Waals surface area contributed by atoms with Crippen LogP contribution >= 0.6 is 0 Å². The molecule has 59 heteroatoms. The standard InChI is InChI=1S/C90H120O59/c1-32(2)83(113)149-90-82(135-54(24)112)75(128-47(17)105)68(61(142-90)31-120-39(9)97)148-89-81(134-53(23)111)74(127-46(16)104)67(60(141-89)30-119-38(8)96)147-88-80(133-52(22)110)73(126-45(15)103)66(59(140-88)29-118-37(7)95)146-87-79(132-51(21)109)72(125-44(14)102)65(58(139-87)28-117-36(6)94)145-86-78(131-50(20)108)71(124-43(13)101)64(57(138-86)27-116-35(5)93)144-85-77(130-49(19)107)70(123-42(12)100)63(56(137-85)26-115-34(4)92)143-84-76(129-48(18)106)69(122-41(11)99)62(121-40(10)98)55(136-84)25-114-33(3)91/h55-82,84-90H,1,25-31H2,2-24H3/t55-,56-,57-,58-,59-,60-,61-,62-,63-,64-,65-,66-,67-,68-,69-,70-,71-,72-,73-,74-,75-,76-,77-,78-,79-,80-,81-,82-,84-,85-,86-,87-,88-,89-,90?/m1/s1. The van der Waals surface area contributed by atoms with Gasteiger partial charge in [-0.05, 0) is 6.92 Å². The molecule has 0 N–H and O–H groups in total. The first-order valence-corrected chi connectivity index (χ1v) is 45.6. The normalized spacial score (nSPS) is 32.5. The highest BCUT2D eigenvalue weighted by molar-refractivity contribution is 5.87. The maximum Gasteiger partial charge on any atom is 0.335 e. The molecule has 0 aromatic rings. The Labute approximate surface area is 847 Å². The Bertz CT molecular complexity index is 4770. The molecule has 0 spiro atoms. The summed E-state index contributed by atoms with van der Waals surface area (Å²) in [5.41, 5.74) is -0.247. The van der Waals surface area contributed by atoms with E-state index in [4.69, 9.17) is 171 Å². The first kappa shape index (κ1) is 123. The lowest BCUT2D eigenvalue weighted by atomic mass is 9.94. The predicted molar refractivity (Wildman–Crippen MR) is 461 cm³/mol. The Morgan fingerprint density at radius 1 is 0.148 bits per heavy atom. The van der Waals surface area contributed by atoms with Gasteiger partial charge in [-0.1, -0.05) is 6.58 Å². The van der Waals surface area contributed by atoms with E-state index in [1.807, 2.05) is 0 Å². The van der Waals surface area contributed by atoms with E-state index >= 15 is 0 Å². The van der Waals surface area contributed by atoms with Crippen molar-refractivity contribution in [2.75, 3.05) is 46.2 Å². The monoisotopic (exact) mass is 2140 g/mol. The second kappa shape index (κ2) is 56.6. The zero-order chi connectivity index (χ0) is 111. The topological polar surface area (TPSA) is 725 Å². The van der Waals surface area contributed by atoms with Gasteiger partial charge < -0.3 is 171 Å². The third-order valence-electron chi connectivity index (χ3n) is 21.1. The minimum Gasteiger partial charge on any atom is -0.463 e. The third kappa shape index (κ3) is 37.0. The van der Waals surface area contributed by atoms with E-state index in [1.165, 1.54) is 6.92 Å². The fraction of sp³-hybridized carbons (Fsp3) is 0.722. The molecule has 0 amide bonds. The van der Waals surface area contributed by atoms with Gasteiger partial charge in [0.25, 0.3) is 0 Å². The number of rotatable bonds is 43. The third-order valence-corrected chi connectivity index (χ3v) is 21.1. The predicted octanol–water partition coefficient (Wildman–Crippen LogP) is -2.59. The largest absolute Gasteiger partial charge is 0.463 e. The van der Waals surface area contributed by atoms with E-state index in [-0.39, 0.29) is 5.57 Å².